The van der Waals surface area contributed by atoms with E-state index in [1.54, 1.807) is 6.07 Å². The SMILES string of the molecule is O=C(O)c1ccc(Nc2nc(Nc3ccc(/C=C/c4ccc(Nc5nc(Nc6ccccc6C(=O)O)nc(N(CCO)CCO)n5)cc4S(=O)(=O)O)c(S(=O)(=O)O)c3)nc(N(CCO)CCO)n2)cc1. The van der Waals surface area contributed by atoms with Crippen LogP contribution in [-0.2, 0) is 20.2 Å². The van der Waals surface area contributed by atoms with Gasteiger partial charge in [-0.15, -0.1) is 0 Å². The zero-order chi connectivity index (χ0) is 50.6. The Morgan fingerprint density at radius 3 is 1.27 bits per heavy atom. The smallest absolute Gasteiger partial charge is 0.337 e. The lowest BCUT2D eigenvalue weighted by atomic mass is 10.1. The first-order valence-corrected chi connectivity index (χ1v) is 23.4. The summed E-state index contributed by atoms with van der Waals surface area (Å²) in [5.41, 5.74) is 0.0940. The maximum atomic E-state index is 12.8. The van der Waals surface area contributed by atoms with E-state index in [-0.39, 0.29) is 128 Å². The highest BCUT2D eigenvalue weighted by molar-refractivity contribution is 7.86. The van der Waals surface area contributed by atoms with Crippen molar-refractivity contribution < 1.29 is 66.2 Å². The summed E-state index contributed by atoms with van der Waals surface area (Å²) < 4.78 is 71.7. The van der Waals surface area contributed by atoms with E-state index in [1.807, 2.05) is 0 Å². The number of aromatic carboxylic acids is 2. The van der Waals surface area contributed by atoms with Crippen LogP contribution in [0.25, 0.3) is 12.2 Å². The Morgan fingerprint density at radius 1 is 0.500 bits per heavy atom. The Kier molecular flexibility index (Phi) is 16.8. The number of carbonyl (C=O) groups is 2. The van der Waals surface area contributed by atoms with Crippen LogP contribution in [0.3, 0.4) is 0 Å². The third-order valence-electron chi connectivity index (χ3n) is 9.62. The standard InChI is InChI=1S/C42H44N12O14S2/c55-19-15-53(16-20-56)41-49-37(43-28-11-9-27(10-12-28)35(59)60)47-38(50-41)44-29-13-7-25(33(23-29)69(63,64)65)5-6-26-8-14-30(24-34(26)70(66,67)68)45-39-48-40(46-32-4-2-1-3-31(32)36(61)62)52-42(51-39)54(17-21-57)18-22-58/h1-14,23-24,55-58H,15-22H2,(H,59,60)(H,61,62)(H,63,64,65)(H,66,67,68)(H2,43,44,47,49,50)(H2,45,46,48,51,52)/b6-5+. The maximum Gasteiger partial charge on any atom is 0.337 e. The molecule has 70 heavy (non-hydrogen) atoms. The van der Waals surface area contributed by atoms with Crippen LogP contribution >= 0.6 is 0 Å². The molecule has 6 aromatic rings. The van der Waals surface area contributed by atoms with Crippen molar-refractivity contribution in [3.05, 3.63) is 107 Å². The third-order valence-corrected chi connectivity index (χ3v) is 11.4. The van der Waals surface area contributed by atoms with Gasteiger partial charge in [0.2, 0.25) is 35.7 Å². The molecule has 0 aliphatic rings. The average Bonchev–Trinajstić information content (AvgIpc) is 3.30. The Hall–Kier alpha value is -7.96. The molecule has 2 heterocycles. The molecule has 4 aromatic carbocycles. The molecule has 0 radical (unpaired) electrons. The van der Waals surface area contributed by atoms with Gasteiger partial charge in [-0.25, -0.2) is 9.59 Å². The summed E-state index contributed by atoms with van der Waals surface area (Å²) in [6.45, 7) is -1.51. The van der Waals surface area contributed by atoms with Gasteiger partial charge in [-0.3, -0.25) is 9.11 Å². The van der Waals surface area contributed by atoms with E-state index in [1.165, 1.54) is 76.5 Å². The van der Waals surface area contributed by atoms with Crippen molar-refractivity contribution in [1.29, 1.82) is 0 Å². The lowest BCUT2D eigenvalue weighted by Crippen LogP contribution is -2.31. The summed E-state index contributed by atoms with van der Waals surface area (Å²) in [5, 5.41) is 68.9. The number of para-hydroxylation sites is 1. The van der Waals surface area contributed by atoms with E-state index in [0.717, 1.165) is 24.3 Å². The molecule has 0 amide bonds. The highest BCUT2D eigenvalue weighted by atomic mass is 32.2. The molecule has 0 aliphatic carbocycles. The Balaban J connectivity index is 1.32. The highest BCUT2D eigenvalue weighted by Gasteiger charge is 2.21. The molecule has 0 bridgehead atoms. The first-order chi connectivity index (χ1) is 33.4. The molecule has 368 valence electrons. The number of aliphatic hydroxyl groups is 4. The number of anilines is 10. The van der Waals surface area contributed by atoms with Crippen LogP contribution in [0.2, 0.25) is 0 Å². The first-order valence-electron chi connectivity index (χ1n) is 20.5. The quantitative estimate of drug-likeness (QED) is 0.0306. The fourth-order valence-corrected chi connectivity index (χ4v) is 7.87. The van der Waals surface area contributed by atoms with Crippen molar-refractivity contribution >= 4 is 103 Å². The molecule has 2 aromatic heterocycles. The summed E-state index contributed by atoms with van der Waals surface area (Å²) in [7, 11) is -10.0. The van der Waals surface area contributed by atoms with Gasteiger partial charge in [-0.2, -0.15) is 46.7 Å². The highest BCUT2D eigenvalue weighted by Crippen LogP contribution is 2.30. The molecule has 28 heteroatoms. The second-order valence-corrected chi connectivity index (χ2v) is 17.2. The molecule has 26 nitrogen and oxygen atoms in total. The van der Waals surface area contributed by atoms with E-state index >= 15 is 0 Å². The van der Waals surface area contributed by atoms with Crippen LogP contribution in [0.1, 0.15) is 31.8 Å². The van der Waals surface area contributed by atoms with E-state index in [9.17, 15) is 66.2 Å². The molecule has 0 aliphatic heterocycles. The number of aliphatic hydroxyl groups excluding tert-OH is 4. The molecule has 0 atom stereocenters. The number of nitrogens with zero attached hydrogens (tertiary/aromatic N) is 8. The van der Waals surface area contributed by atoms with E-state index in [2.05, 4.69) is 51.2 Å². The van der Waals surface area contributed by atoms with Gasteiger partial charge < -0.3 is 61.7 Å². The molecular formula is C42H44N12O14S2. The number of hydrogen-bond donors (Lipinski definition) is 12. The zero-order valence-corrected chi connectivity index (χ0v) is 37.9. The van der Waals surface area contributed by atoms with Crippen LogP contribution in [0.4, 0.5) is 58.4 Å². The summed E-state index contributed by atoms with van der Waals surface area (Å²) in [6, 6.07) is 18.8. The summed E-state index contributed by atoms with van der Waals surface area (Å²) in [4.78, 5) is 50.7. The Bertz CT molecular complexity index is 3100. The van der Waals surface area contributed by atoms with Gasteiger partial charge in [0.05, 0.1) is 43.2 Å². The molecule has 12 N–H and O–H groups in total. The number of carboxylic acid groups (broad SMARTS) is 2. The zero-order valence-electron chi connectivity index (χ0n) is 36.3. The van der Waals surface area contributed by atoms with Crippen molar-refractivity contribution in [2.75, 3.05) is 83.7 Å². The number of rotatable bonds is 24. The van der Waals surface area contributed by atoms with Gasteiger partial charge in [-0.05, 0) is 71.8 Å². The molecule has 0 unspecified atom stereocenters. The van der Waals surface area contributed by atoms with Gasteiger partial charge in [-0.1, -0.05) is 36.4 Å². The minimum atomic E-state index is -5.01. The van der Waals surface area contributed by atoms with Gasteiger partial charge in [0.1, 0.15) is 9.79 Å². The number of hydrogen-bond acceptors (Lipinski definition) is 22. The molecule has 0 spiro atoms. The average molecular weight is 1010 g/mol. The largest absolute Gasteiger partial charge is 0.478 e. The third kappa shape index (κ3) is 13.6. The molecule has 0 fully saturated rings. The lowest BCUT2D eigenvalue weighted by molar-refractivity contribution is 0.0686. The Morgan fingerprint density at radius 2 is 0.886 bits per heavy atom. The van der Waals surface area contributed by atoms with Crippen LogP contribution in [0, 0.1) is 0 Å². The Labute approximate surface area is 398 Å². The first kappa shape index (κ1) is 51.4. The van der Waals surface area contributed by atoms with Gasteiger partial charge in [0, 0.05) is 43.2 Å². The topological polar surface area (TPSA) is 396 Å². The van der Waals surface area contributed by atoms with E-state index < -0.39 is 42.0 Å². The summed E-state index contributed by atoms with van der Waals surface area (Å²) in [5.74, 6) is -3.17. The van der Waals surface area contributed by atoms with Crippen molar-refractivity contribution in [3.63, 3.8) is 0 Å². The van der Waals surface area contributed by atoms with Crippen molar-refractivity contribution in [2.45, 2.75) is 9.79 Å². The molecule has 0 saturated carbocycles. The molecule has 0 saturated heterocycles. The van der Waals surface area contributed by atoms with Crippen molar-refractivity contribution in [1.82, 2.24) is 29.9 Å². The normalized spacial score (nSPS) is 11.6. The van der Waals surface area contributed by atoms with Crippen LogP contribution < -0.4 is 31.1 Å². The number of benzene rings is 4. The monoisotopic (exact) mass is 1000 g/mol. The van der Waals surface area contributed by atoms with Crippen LogP contribution in [0.5, 0.6) is 0 Å². The van der Waals surface area contributed by atoms with Gasteiger partial charge in [0.15, 0.2) is 0 Å². The van der Waals surface area contributed by atoms with Crippen molar-refractivity contribution in [3.8, 4) is 0 Å². The van der Waals surface area contributed by atoms with E-state index in [4.69, 9.17) is 0 Å². The minimum Gasteiger partial charge on any atom is -0.478 e. The second-order valence-electron chi connectivity index (χ2n) is 14.5. The fourth-order valence-electron chi connectivity index (χ4n) is 6.45. The van der Waals surface area contributed by atoms with Gasteiger partial charge >= 0.3 is 11.9 Å². The number of aromatic nitrogens is 6. The predicted octanol–water partition coefficient (Wildman–Crippen LogP) is 2.67. The van der Waals surface area contributed by atoms with Crippen LogP contribution in [0.15, 0.2) is 94.7 Å². The number of nitrogens with one attached hydrogen (secondary N) is 4. The number of carboxylic acids is 2. The second kappa shape index (κ2) is 22.9. The predicted molar refractivity (Wildman–Crippen MR) is 254 cm³/mol. The van der Waals surface area contributed by atoms with Crippen molar-refractivity contribution in [2.24, 2.45) is 0 Å². The van der Waals surface area contributed by atoms with Crippen LogP contribution in [-0.4, -0.2) is 151 Å². The molecule has 6 rings (SSSR count). The fraction of sp³-hybridized carbons (Fsp3) is 0.190. The summed E-state index contributed by atoms with van der Waals surface area (Å²) >= 11 is 0. The summed E-state index contributed by atoms with van der Waals surface area (Å²) in [6.07, 6.45) is 2.32. The maximum absolute atomic E-state index is 12.8. The molecular weight excluding hydrogens is 961 g/mol. The lowest BCUT2D eigenvalue weighted by Gasteiger charge is -2.22. The minimum absolute atomic E-state index is 0.00416. The van der Waals surface area contributed by atoms with E-state index in [0.29, 0.717) is 5.69 Å². The van der Waals surface area contributed by atoms with Gasteiger partial charge in [0.25, 0.3) is 20.2 Å².